The molecule has 1 aromatic rings. The number of nitrogens with one attached hydrogen (secondary N) is 1. The van der Waals surface area contributed by atoms with Crippen LogP contribution >= 0.6 is 0 Å². The Hall–Kier alpha value is -1.31. The normalized spacial score (nSPS) is 15.4. The Bertz CT molecular complexity index is 612. The summed E-state index contributed by atoms with van der Waals surface area (Å²) in [5.41, 5.74) is 5.61. The van der Waals surface area contributed by atoms with Crippen molar-refractivity contribution in [1.82, 2.24) is 4.72 Å². The number of benzene rings is 1. The Kier molecular flexibility index (Phi) is 5.31. The van der Waals surface area contributed by atoms with Crippen LogP contribution in [0.5, 0.6) is 11.5 Å². The number of sulfonamides is 1. The van der Waals surface area contributed by atoms with Gasteiger partial charge in [-0.05, 0) is 25.0 Å². The molecule has 124 valence electrons. The van der Waals surface area contributed by atoms with Crippen molar-refractivity contribution >= 4 is 10.0 Å². The van der Waals surface area contributed by atoms with Crippen LogP contribution in [0.25, 0.3) is 0 Å². The first-order valence-electron chi connectivity index (χ1n) is 7.58. The van der Waals surface area contributed by atoms with Crippen molar-refractivity contribution in [2.45, 2.75) is 43.5 Å². The van der Waals surface area contributed by atoms with E-state index in [1.165, 1.54) is 12.1 Å². The van der Waals surface area contributed by atoms with Gasteiger partial charge in [-0.3, -0.25) is 0 Å². The van der Waals surface area contributed by atoms with Crippen LogP contribution in [-0.4, -0.2) is 33.7 Å². The molecule has 1 heterocycles. The smallest absolute Gasteiger partial charge is 0.240 e. The summed E-state index contributed by atoms with van der Waals surface area (Å²) in [4.78, 5) is 0.159. The van der Waals surface area contributed by atoms with Crippen molar-refractivity contribution in [2.24, 2.45) is 5.73 Å². The van der Waals surface area contributed by atoms with Crippen LogP contribution in [0, 0.1) is 0 Å². The van der Waals surface area contributed by atoms with Crippen LogP contribution in [-0.2, 0) is 10.0 Å². The highest BCUT2D eigenvalue weighted by atomic mass is 32.2. The largest absolute Gasteiger partial charge is 0.490 e. The fraction of sp³-hybridized carbons (Fsp3) is 0.600. The van der Waals surface area contributed by atoms with E-state index in [4.69, 9.17) is 15.2 Å². The summed E-state index contributed by atoms with van der Waals surface area (Å²) in [5.74, 6) is 1.04. The Morgan fingerprint density at radius 2 is 1.82 bits per heavy atom. The van der Waals surface area contributed by atoms with Crippen LogP contribution in [0.3, 0.4) is 0 Å². The van der Waals surface area contributed by atoms with Crippen molar-refractivity contribution in [2.75, 3.05) is 19.8 Å². The summed E-state index contributed by atoms with van der Waals surface area (Å²) in [6, 6.07) is 4.65. The van der Waals surface area contributed by atoms with Gasteiger partial charge in [0.05, 0.1) is 18.1 Å². The van der Waals surface area contributed by atoms with E-state index in [-0.39, 0.29) is 11.4 Å². The summed E-state index contributed by atoms with van der Waals surface area (Å²) in [6.45, 7) is 5.19. The Labute approximate surface area is 132 Å². The average Bonchev–Trinajstić information content (AvgIpc) is 2.77. The predicted molar refractivity (Wildman–Crippen MR) is 84.7 cm³/mol. The third-order valence-corrected chi connectivity index (χ3v) is 5.45. The van der Waals surface area contributed by atoms with Gasteiger partial charge >= 0.3 is 0 Å². The molecular weight excluding hydrogens is 304 g/mol. The lowest BCUT2D eigenvalue weighted by atomic mass is 9.95. The molecule has 0 unspecified atom stereocenters. The van der Waals surface area contributed by atoms with E-state index >= 15 is 0 Å². The molecule has 0 aromatic heterocycles. The van der Waals surface area contributed by atoms with Crippen molar-refractivity contribution in [3.8, 4) is 11.5 Å². The molecule has 0 spiro atoms. The quantitative estimate of drug-likeness (QED) is 0.828. The molecule has 2 rings (SSSR count). The standard InChI is InChI=1S/C15H24N2O4S/c1-3-15(16,4-2)11-17-22(18,19)12-6-7-13-14(10-12)21-9-5-8-20-13/h6-7,10,17H,3-5,8-9,11,16H2,1-2H3. The highest BCUT2D eigenvalue weighted by Crippen LogP contribution is 2.31. The molecule has 0 aliphatic carbocycles. The molecule has 1 aliphatic rings. The summed E-state index contributed by atoms with van der Waals surface area (Å²) in [7, 11) is -3.62. The zero-order valence-corrected chi connectivity index (χ0v) is 13.9. The predicted octanol–water partition coefficient (Wildman–Crippen LogP) is 1.64. The molecule has 1 aromatic carbocycles. The molecule has 3 N–H and O–H groups in total. The summed E-state index contributed by atoms with van der Waals surface area (Å²) < 4.78 is 38.5. The molecule has 0 atom stereocenters. The monoisotopic (exact) mass is 328 g/mol. The Balaban J connectivity index is 2.17. The van der Waals surface area contributed by atoms with E-state index in [0.29, 0.717) is 37.6 Å². The number of rotatable bonds is 6. The van der Waals surface area contributed by atoms with Crippen molar-refractivity contribution in [1.29, 1.82) is 0 Å². The first-order chi connectivity index (χ1) is 10.4. The van der Waals surface area contributed by atoms with Gasteiger partial charge in [0.2, 0.25) is 10.0 Å². The van der Waals surface area contributed by atoms with Gasteiger partial charge in [-0.2, -0.15) is 0 Å². The highest BCUT2D eigenvalue weighted by molar-refractivity contribution is 7.89. The van der Waals surface area contributed by atoms with E-state index in [1.807, 2.05) is 13.8 Å². The molecule has 7 heteroatoms. The highest BCUT2D eigenvalue weighted by Gasteiger charge is 2.25. The molecule has 22 heavy (non-hydrogen) atoms. The van der Waals surface area contributed by atoms with Crippen molar-refractivity contribution in [3.05, 3.63) is 18.2 Å². The van der Waals surface area contributed by atoms with E-state index in [9.17, 15) is 8.42 Å². The first kappa shape index (κ1) is 17.1. The topological polar surface area (TPSA) is 90.7 Å². The van der Waals surface area contributed by atoms with Crippen molar-refractivity contribution < 1.29 is 17.9 Å². The van der Waals surface area contributed by atoms with Crippen LogP contribution < -0.4 is 19.9 Å². The molecule has 0 radical (unpaired) electrons. The van der Waals surface area contributed by atoms with E-state index < -0.39 is 15.6 Å². The fourth-order valence-corrected chi connectivity index (χ4v) is 3.29. The fourth-order valence-electron chi connectivity index (χ4n) is 2.13. The maximum atomic E-state index is 12.4. The molecule has 0 fully saturated rings. The van der Waals surface area contributed by atoms with Gasteiger partial charge in [0.25, 0.3) is 0 Å². The van der Waals surface area contributed by atoms with Gasteiger partial charge in [-0.1, -0.05) is 13.8 Å². The molecular formula is C15H24N2O4S. The van der Waals surface area contributed by atoms with Crippen LogP contribution in [0.2, 0.25) is 0 Å². The van der Waals surface area contributed by atoms with Gasteiger partial charge in [0, 0.05) is 24.6 Å². The molecule has 1 aliphatic heterocycles. The lowest BCUT2D eigenvalue weighted by Crippen LogP contribution is -2.49. The maximum Gasteiger partial charge on any atom is 0.240 e. The van der Waals surface area contributed by atoms with Crippen LogP contribution in [0.15, 0.2) is 23.1 Å². The number of ether oxygens (including phenoxy) is 2. The van der Waals surface area contributed by atoms with E-state index in [0.717, 1.165) is 6.42 Å². The van der Waals surface area contributed by atoms with E-state index in [1.54, 1.807) is 6.07 Å². The van der Waals surface area contributed by atoms with E-state index in [2.05, 4.69) is 4.72 Å². The second-order valence-electron chi connectivity index (χ2n) is 5.55. The Morgan fingerprint density at radius 1 is 1.18 bits per heavy atom. The number of fused-ring (bicyclic) bond motifs is 1. The second-order valence-corrected chi connectivity index (χ2v) is 7.32. The average molecular weight is 328 g/mol. The molecule has 0 bridgehead atoms. The minimum atomic E-state index is -3.62. The molecule has 0 saturated carbocycles. The second kappa shape index (κ2) is 6.85. The van der Waals surface area contributed by atoms with Gasteiger partial charge in [-0.15, -0.1) is 0 Å². The third kappa shape index (κ3) is 3.91. The van der Waals surface area contributed by atoms with Gasteiger partial charge in [0.15, 0.2) is 11.5 Å². The number of nitrogens with two attached hydrogens (primary N) is 1. The zero-order chi connectivity index (χ0) is 16.2. The lowest BCUT2D eigenvalue weighted by Gasteiger charge is -2.26. The summed E-state index contributed by atoms with van der Waals surface area (Å²) >= 11 is 0. The zero-order valence-electron chi connectivity index (χ0n) is 13.1. The summed E-state index contributed by atoms with van der Waals surface area (Å²) in [6.07, 6.45) is 2.18. The minimum absolute atomic E-state index is 0.159. The van der Waals surface area contributed by atoms with Crippen LogP contribution in [0.4, 0.5) is 0 Å². The SMILES string of the molecule is CCC(N)(CC)CNS(=O)(=O)c1ccc2c(c1)OCCCO2. The maximum absolute atomic E-state index is 12.4. The van der Waals surface area contributed by atoms with Gasteiger partial charge in [0.1, 0.15) is 0 Å². The molecule has 0 saturated heterocycles. The lowest BCUT2D eigenvalue weighted by molar-refractivity contribution is 0.297. The number of hydrogen-bond donors (Lipinski definition) is 2. The number of hydrogen-bond acceptors (Lipinski definition) is 5. The van der Waals surface area contributed by atoms with Crippen LogP contribution in [0.1, 0.15) is 33.1 Å². The third-order valence-electron chi connectivity index (χ3n) is 4.05. The Morgan fingerprint density at radius 3 is 2.45 bits per heavy atom. The van der Waals surface area contributed by atoms with Gasteiger partial charge < -0.3 is 15.2 Å². The minimum Gasteiger partial charge on any atom is -0.490 e. The van der Waals surface area contributed by atoms with Crippen molar-refractivity contribution in [3.63, 3.8) is 0 Å². The molecule has 0 amide bonds. The first-order valence-corrected chi connectivity index (χ1v) is 9.07. The summed E-state index contributed by atoms with van der Waals surface area (Å²) in [5, 5.41) is 0. The van der Waals surface area contributed by atoms with Gasteiger partial charge in [-0.25, -0.2) is 13.1 Å². The molecule has 6 nitrogen and oxygen atoms in total.